The smallest absolute Gasteiger partial charge is 0.226 e. The minimum absolute atomic E-state index is 0.207. The summed E-state index contributed by atoms with van der Waals surface area (Å²) >= 11 is 0. The molecule has 2 rings (SSSR count). The zero-order chi connectivity index (χ0) is 12.5. The Bertz CT molecular complexity index is 280. The average Bonchev–Trinajstić information content (AvgIpc) is 2.28. The highest BCUT2D eigenvalue weighted by Crippen LogP contribution is 2.41. The van der Waals surface area contributed by atoms with Crippen LogP contribution in [0.5, 0.6) is 0 Å². The van der Waals surface area contributed by atoms with Crippen LogP contribution in [0.15, 0.2) is 0 Å². The lowest BCUT2D eigenvalue weighted by atomic mass is 9.68. The molecule has 3 heteroatoms. The van der Waals surface area contributed by atoms with E-state index in [0.717, 1.165) is 32.6 Å². The molecule has 2 aliphatic rings. The van der Waals surface area contributed by atoms with E-state index in [9.17, 15) is 4.79 Å². The molecule has 1 amide bonds. The summed E-state index contributed by atoms with van der Waals surface area (Å²) in [7, 11) is 2.13. The second-order valence-electron chi connectivity index (χ2n) is 6.42. The number of piperazine rings is 1. The van der Waals surface area contributed by atoms with Crippen molar-refractivity contribution < 1.29 is 4.79 Å². The molecule has 0 aromatic heterocycles. The Kier molecular flexibility index (Phi) is 3.76. The summed E-state index contributed by atoms with van der Waals surface area (Å²) in [6.45, 7) is 8.43. The molecular weight excluding hydrogens is 212 g/mol. The van der Waals surface area contributed by atoms with Crippen LogP contribution in [0.2, 0.25) is 0 Å². The van der Waals surface area contributed by atoms with Gasteiger partial charge in [0.15, 0.2) is 0 Å². The van der Waals surface area contributed by atoms with Gasteiger partial charge in [-0.3, -0.25) is 4.79 Å². The molecule has 1 heterocycles. The fourth-order valence-corrected chi connectivity index (χ4v) is 3.20. The van der Waals surface area contributed by atoms with Crippen molar-refractivity contribution >= 4 is 5.91 Å². The maximum atomic E-state index is 12.6. The molecule has 1 saturated carbocycles. The number of rotatable bonds is 1. The van der Waals surface area contributed by atoms with Crippen LogP contribution < -0.4 is 0 Å². The van der Waals surface area contributed by atoms with Gasteiger partial charge in [0.25, 0.3) is 0 Å². The van der Waals surface area contributed by atoms with Gasteiger partial charge in [0.05, 0.1) is 0 Å². The first kappa shape index (κ1) is 12.9. The second-order valence-corrected chi connectivity index (χ2v) is 6.42. The maximum Gasteiger partial charge on any atom is 0.226 e. The molecule has 0 spiro atoms. The van der Waals surface area contributed by atoms with Crippen molar-refractivity contribution in [1.82, 2.24) is 9.80 Å². The van der Waals surface area contributed by atoms with E-state index >= 15 is 0 Å². The molecule has 1 unspecified atom stereocenters. The number of nitrogens with zero attached hydrogens (tertiary/aromatic N) is 2. The number of likely N-dealkylation sites (N-methyl/N-ethyl adjacent to an activating group) is 1. The number of carbonyl (C=O) groups excluding carboxylic acids is 1. The summed E-state index contributed by atoms with van der Waals surface area (Å²) in [6, 6.07) is 0. The van der Waals surface area contributed by atoms with Crippen molar-refractivity contribution in [3.63, 3.8) is 0 Å². The Labute approximate surface area is 105 Å². The highest BCUT2D eigenvalue weighted by molar-refractivity contribution is 5.79. The molecule has 3 nitrogen and oxygen atoms in total. The SMILES string of the molecule is CN1CCN(C(=O)C2CCCCC2(C)C)CC1. The Balaban J connectivity index is 1.99. The molecule has 1 atom stereocenters. The van der Waals surface area contributed by atoms with Crippen molar-refractivity contribution in [3.05, 3.63) is 0 Å². The highest BCUT2D eigenvalue weighted by atomic mass is 16.2. The summed E-state index contributed by atoms with van der Waals surface area (Å²) < 4.78 is 0. The lowest BCUT2D eigenvalue weighted by Gasteiger charge is -2.42. The molecule has 0 aromatic carbocycles. The molecule has 98 valence electrons. The minimum Gasteiger partial charge on any atom is -0.340 e. The van der Waals surface area contributed by atoms with E-state index in [1.165, 1.54) is 19.3 Å². The average molecular weight is 238 g/mol. The van der Waals surface area contributed by atoms with E-state index in [4.69, 9.17) is 0 Å². The number of hydrogen-bond donors (Lipinski definition) is 0. The fraction of sp³-hybridized carbons (Fsp3) is 0.929. The summed E-state index contributed by atoms with van der Waals surface area (Å²) in [5.74, 6) is 0.683. The van der Waals surface area contributed by atoms with E-state index in [2.05, 4.69) is 30.7 Å². The van der Waals surface area contributed by atoms with Crippen molar-refractivity contribution in [2.75, 3.05) is 33.2 Å². The normalized spacial score (nSPS) is 30.3. The third-order valence-electron chi connectivity index (χ3n) is 4.62. The third-order valence-corrected chi connectivity index (χ3v) is 4.62. The molecule has 0 radical (unpaired) electrons. The summed E-state index contributed by atoms with van der Waals surface area (Å²) in [5.41, 5.74) is 0.207. The van der Waals surface area contributed by atoms with Crippen molar-refractivity contribution in [2.24, 2.45) is 11.3 Å². The monoisotopic (exact) mass is 238 g/mol. The van der Waals surface area contributed by atoms with E-state index in [-0.39, 0.29) is 11.3 Å². The number of hydrogen-bond acceptors (Lipinski definition) is 2. The van der Waals surface area contributed by atoms with Gasteiger partial charge in [0.2, 0.25) is 5.91 Å². The van der Waals surface area contributed by atoms with Crippen molar-refractivity contribution in [2.45, 2.75) is 39.5 Å². The van der Waals surface area contributed by atoms with E-state index < -0.39 is 0 Å². The summed E-state index contributed by atoms with van der Waals surface area (Å²) in [4.78, 5) is 17.0. The first-order chi connectivity index (χ1) is 8.00. The standard InChI is InChI=1S/C14H26N2O/c1-14(2)7-5-4-6-12(14)13(17)16-10-8-15(3)9-11-16/h12H,4-11H2,1-3H3. The predicted molar refractivity (Wildman–Crippen MR) is 69.8 cm³/mol. The molecule has 2 fully saturated rings. The Hall–Kier alpha value is -0.570. The van der Waals surface area contributed by atoms with Gasteiger partial charge in [-0.1, -0.05) is 26.7 Å². The Morgan fingerprint density at radius 3 is 2.35 bits per heavy atom. The molecule has 17 heavy (non-hydrogen) atoms. The van der Waals surface area contributed by atoms with E-state index in [0.29, 0.717) is 5.91 Å². The Morgan fingerprint density at radius 1 is 1.12 bits per heavy atom. The highest BCUT2D eigenvalue weighted by Gasteiger charge is 2.39. The van der Waals surface area contributed by atoms with Crippen LogP contribution in [-0.4, -0.2) is 48.9 Å². The van der Waals surface area contributed by atoms with Gasteiger partial charge in [-0.15, -0.1) is 0 Å². The van der Waals surface area contributed by atoms with Crippen molar-refractivity contribution in [1.29, 1.82) is 0 Å². The van der Waals surface area contributed by atoms with Gasteiger partial charge >= 0.3 is 0 Å². The molecule has 1 aliphatic heterocycles. The summed E-state index contributed by atoms with van der Waals surface area (Å²) in [6.07, 6.45) is 4.82. The van der Waals surface area contributed by atoms with Crippen LogP contribution in [0.4, 0.5) is 0 Å². The van der Waals surface area contributed by atoms with Crippen LogP contribution in [0.1, 0.15) is 39.5 Å². The maximum absolute atomic E-state index is 12.6. The zero-order valence-electron chi connectivity index (χ0n) is 11.5. The molecule has 1 saturated heterocycles. The molecule has 0 aromatic rings. The first-order valence-electron chi connectivity index (χ1n) is 6.98. The molecule has 0 bridgehead atoms. The topological polar surface area (TPSA) is 23.6 Å². The van der Waals surface area contributed by atoms with E-state index in [1.807, 2.05) is 0 Å². The predicted octanol–water partition coefficient (Wildman–Crippen LogP) is 1.98. The zero-order valence-corrected chi connectivity index (χ0v) is 11.5. The van der Waals surface area contributed by atoms with Crippen LogP contribution in [0.3, 0.4) is 0 Å². The van der Waals surface area contributed by atoms with Gasteiger partial charge < -0.3 is 9.80 Å². The minimum atomic E-state index is 0.207. The molecular formula is C14H26N2O. The number of carbonyl (C=O) groups is 1. The van der Waals surface area contributed by atoms with Gasteiger partial charge in [-0.25, -0.2) is 0 Å². The van der Waals surface area contributed by atoms with Crippen LogP contribution in [-0.2, 0) is 4.79 Å². The lowest BCUT2D eigenvalue weighted by molar-refractivity contribution is -0.142. The van der Waals surface area contributed by atoms with Crippen molar-refractivity contribution in [3.8, 4) is 0 Å². The van der Waals surface area contributed by atoms with Crippen LogP contribution in [0.25, 0.3) is 0 Å². The van der Waals surface area contributed by atoms with Crippen LogP contribution in [0, 0.1) is 11.3 Å². The van der Waals surface area contributed by atoms with Gasteiger partial charge in [-0.2, -0.15) is 0 Å². The second kappa shape index (κ2) is 4.97. The first-order valence-corrected chi connectivity index (χ1v) is 6.98. The van der Waals surface area contributed by atoms with E-state index in [1.54, 1.807) is 0 Å². The Morgan fingerprint density at radius 2 is 1.76 bits per heavy atom. The van der Waals surface area contributed by atoms with Gasteiger partial charge in [0.1, 0.15) is 0 Å². The number of amides is 1. The van der Waals surface area contributed by atoms with Gasteiger partial charge in [-0.05, 0) is 25.3 Å². The fourth-order valence-electron chi connectivity index (χ4n) is 3.20. The third kappa shape index (κ3) is 2.82. The van der Waals surface area contributed by atoms with Gasteiger partial charge in [0, 0.05) is 32.1 Å². The molecule has 0 N–H and O–H groups in total. The largest absolute Gasteiger partial charge is 0.340 e. The van der Waals surface area contributed by atoms with Crippen LogP contribution >= 0.6 is 0 Å². The molecule has 1 aliphatic carbocycles. The lowest BCUT2D eigenvalue weighted by Crippen LogP contribution is -2.51. The summed E-state index contributed by atoms with van der Waals surface area (Å²) in [5, 5.41) is 0. The quantitative estimate of drug-likeness (QED) is 0.697.